The van der Waals surface area contributed by atoms with Gasteiger partial charge in [-0.3, -0.25) is 9.59 Å². The van der Waals surface area contributed by atoms with Crippen LogP contribution in [0.25, 0.3) is 0 Å². The maximum Gasteiger partial charge on any atom is 0.245 e. The largest absolute Gasteiger partial charge is 0.342 e. The zero-order chi connectivity index (χ0) is 14.9. The average molecular weight is 298 g/mol. The molecule has 0 aromatic carbocycles. The molecular weight excluding hydrogens is 272 g/mol. The number of hydrogen-bond donors (Lipinski definition) is 1. The van der Waals surface area contributed by atoms with Crippen LogP contribution in [0.2, 0.25) is 0 Å². The summed E-state index contributed by atoms with van der Waals surface area (Å²) in [5, 5.41) is 2.92. The third-order valence-corrected chi connectivity index (χ3v) is 5.81. The predicted octanol–water partition coefficient (Wildman–Crippen LogP) is 2.03. The molecule has 0 aromatic rings. The van der Waals surface area contributed by atoms with E-state index in [1.54, 1.807) is 0 Å². The van der Waals surface area contributed by atoms with Gasteiger partial charge in [-0.25, -0.2) is 0 Å². The van der Waals surface area contributed by atoms with Gasteiger partial charge in [-0.2, -0.15) is 11.8 Å². The summed E-state index contributed by atoms with van der Waals surface area (Å²) in [6.07, 6.45) is 6.06. The van der Waals surface area contributed by atoms with Crippen LogP contribution in [0, 0.1) is 5.92 Å². The molecule has 114 valence electrons. The second-order valence-electron chi connectivity index (χ2n) is 6.39. The Hall–Kier alpha value is -0.710. The number of carbonyl (C=O) groups is 2. The molecule has 1 N–H and O–H groups in total. The van der Waals surface area contributed by atoms with Gasteiger partial charge < -0.3 is 10.2 Å². The van der Waals surface area contributed by atoms with Gasteiger partial charge >= 0.3 is 0 Å². The van der Waals surface area contributed by atoms with Crippen molar-refractivity contribution in [2.75, 3.05) is 12.8 Å². The molecule has 2 rings (SSSR count). The van der Waals surface area contributed by atoms with Crippen molar-refractivity contribution in [1.82, 2.24) is 10.2 Å². The van der Waals surface area contributed by atoms with E-state index in [4.69, 9.17) is 0 Å². The molecule has 0 aromatic heterocycles. The highest BCUT2D eigenvalue weighted by Crippen LogP contribution is 2.48. The van der Waals surface area contributed by atoms with Crippen molar-refractivity contribution >= 4 is 23.6 Å². The molecule has 20 heavy (non-hydrogen) atoms. The number of nitrogens with one attached hydrogen (secondary N) is 1. The van der Waals surface area contributed by atoms with Crippen LogP contribution in [0.3, 0.4) is 0 Å². The first kappa shape index (κ1) is 15.7. The fourth-order valence-electron chi connectivity index (χ4n) is 3.00. The lowest BCUT2D eigenvalue weighted by Gasteiger charge is -2.42. The van der Waals surface area contributed by atoms with Crippen LogP contribution >= 0.6 is 11.8 Å². The highest BCUT2D eigenvalue weighted by Gasteiger charge is 2.49. The molecule has 2 fully saturated rings. The Kier molecular flexibility index (Phi) is 4.67. The SMILES string of the molecule is CCCC1NC(=O)C(C(C)C)N(CC2(SC)CC2)C1=O. The van der Waals surface area contributed by atoms with Crippen LogP contribution in [-0.2, 0) is 9.59 Å². The fraction of sp³-hybridized carbons (Fsp3) is 0.867. The first-order valence-corrected chi connectivity index (χ1v) is 8.82. The quantitative estimate of drug-likeness (QED) is 0.816. The molecule has 1 saturated carbocycles. The topological polar surface area (TPSA) is 49.4 Å². The van der Waals surface area contributed by atoms with Gasteiger partial charge in [0.05, 0.1) is 0 Å². The van der Waals surface area contributed by atoms with Crippen LogP contribution in [0.1, 0.15) is 46.5 Å². The van der Waals surface area contributed by atoms with Crippen molar-refractivity contribution in [3.05, 3.63) is 0 Å². The molecule has 5 heteroatoms. The Labute approximate surface area is 126 Å². The molecule has 2 atom stereocenters. The zero-order valence-electron chi connectivity index (χ0n) is 12.9. The van der Waals surface area contributed by atoms with E-state index in [2.05, 4.69) is 11.6 Å². The monoisotopic (exact) mass is 298 g/mol. The molecule has 2 unspecified atom stereocenters. The molecule has 1 aliphatic heterocycles. The van der Waals surface area contributed by atoms with Gasteiger partial charge in [-0.1, -0.05) is 27.2 Å². The van der Waals surface area contributed by atoms with Crippen LogP contribution in [0.4, 0.5) is 0 Å². The van der Waals surface area contributed by atoms with E-state index in [1.807, 2.05) is 37.4 Å². The third kappa shape index (κ3) is 2.97. The molecule has 1 heterocycles. The van der Waals surface area contributed by atoms with Gasteiger partial charge in [0.15, 0.2) is 0 Å². The van der Waals surface area contributed by atoms with Crippen molar-refractivity contribution in [2.24, 2.45) is 5.92 Å². The van der Waals surface area contributed by atoms with E-state index in [-0.39, 0.29) is 34.6 Å². The summed E-state index contributed by atoms with van der Waals surface area (Å²) in [6.45, 7) is 6.80. The Morgan fingerprint density at radius 2 is 2.05 bits per heavy atom. The number of carbonyl (C=O) groups excluding carboxylic acids is 2. The Morgan fingerprint density at radius 3 is 2.50 bits per heavy atom. The molecular formula is C15H26N2O2S. The van der Waals surface area contributed by atoms with Crippen molar-refractivity contribution in [3.63, 3.8) is 0 Å². The first-order valence-electron chi connectivity index (χ1n) is 7.60. The van der Waals surface area contributed by atoms with Crippen LogP contribution < -0.4 is 5.32 Å². The molecule has 0 bridgehead atoms. The van der Waals surface area contributed by atoms with E-state index in [0.717, 1.165) is 32.2 Å². The Balaban J connectivity index is 2.19. The minimum atomic E-state index is -0.319. The van der Waals surface area contributed by atoms with Crippen LogP contribution in [-0.4, -0.2) is 46.3 Å². The standard InChI is InChI=1S/C15H26N2O2S/c1-5-6-11-14(19)17(9-15(20-4)7-8-15)12(10(2)3)13(18)16-11/h10-12H,5-9H2,1-4H3,(H,16,18). The van der Waals surface area contributed by atoms with E-state index in [9.17, 15) is 9.59 Å². The molecule has 0 spiro atoms. The van der Waals surface area contributed by atoms with E-state index in [1.165, 1.54) is 0 Å². The lowest BCUT2D eigenvalue weighted by atomic mass is 9.95. The Bertz CT molecular complexity index is 393. The lowest BCUT2D eigenvalue weighted by molar-refractivity contribution is -0.151. The normalized spacial score (nSPS) is 28.8. The van der Waals surface area contributed by atoms with Crippen LogP contribution in [0.5, 0.6) is 0 Å². The molecule has 2 aliphatic rings. The maximum atomic E-state index is 12.7. The fourth-order valence-corrected chi connectivity index (χ4v) is 3.78. The van der Waals surface area contributed by atoms with E-state index >= 15 is 0 Å². The number of piperazine rings is 1. The van der Waals surface area contributed by atoms with Gasteiger partial charge in [0.25, 0.3) is 0 Å². The lowest BCUT2D eigenvalue weighted by Crippen LogP contribution is -2.65. The highest BCUT2D eigenvalue weighted by atomic mass is 32.2. The number of hydrogen-bond acceptors (Lipinski definition) is 3. The van der Waals surface area contributed by atoms with Crippen molar-refractivity contribution in [2.45, 2.75) is 63.3 Å². The molecule has 4 nitrogen and oxygen atoms in total. The van der Waals surface area contributed by atoms with Crippen molar-refractivity contribution in [1.29, 1.82) is 0 Å². The number of amides is 2. The summed E-state index contributed by atoms with van der Waals surface area (Å²) < 4.78 is 0.206. The number of rotatable bonds is 6. The zero-order valence-corrected chi connectivity index (χ0v) is 13.8. The van der Waals surface area contributed by atoms with Gasteiger partial charge in [-0.15, -0.1) is 0 Å². The predicted molar refractivity (Wildman–Crippen MR) is 82.7 cm³/mol. The Morgan fingerprint density at radius 1 is 1.40 bits per heavy atom. The summed E-state index contributed by atoms with van der Waals surface area (Å²) >= 11 is 1.84. The minimum absolute atomic E-state index is 0.0231. The first-order chi connectivity index (χ1) is 9.44. The van der Waals surface area contributed by atoms with Crippen LogP contribution in [0.15, 0.2) is 0 Å². The van der Waals surface area contributed by atoms with Gasteiger partial charge in [0.2, 0.25) is 11.8 Å². The maximum absolute atomic E-state index is 12.7. The summed E-state index contributed by atoms with van der Waals surface area (Å²) in [4.78, 5) is 26.9. The number of thioether (sulfide) groups is 1. The second kappa shape index (κ2) is 5.96. The van der Waals surface area contributed by atoms with E-state index in [0.29, 0.717) is 0 Å². The van der Waals surface area contributed by atoms with Gasteiger partial charge in [0.1, 0.15) is 12.1 Å². The summed E-state index contributed by atoms with van der Waals surface area (Å²) in [5.41, 5.74) is 0. The third-order valence-electron chi connectivity index (χ3n) is 4.41. The molecule has 0 radical (unpaired) electrons. The van der Waals surface area contributed by atoms with Gasteiger partial charge in [0, 0.05) is 11.3 Å². The number of nitrogens with zero attached hydrogens (tertiary/aromatic N) is 1. The minimum Gasteiger partial charge on any atom is -0.342 e. The summed E-state index contributed by atoms with van der Waals surface area (Å²) in [6, 6.07) is -0.625. The smallest absolute Gasteiger partial charge is 0.245 e. The average Bonchev–Trinajstić information content (AvgIpc) is 3.15. The van der Waals surface area contributed by atoms with E-state index < -0.39 is 0 Å². The molecule has 2 amide bonds. The van der Waals surface area contributed by atoms with Gasteiger partial charge in [-0.05, 0) is 31.4 Å². The second-order valence-corrected chi connectivity index (χ2v) is 7.67. The highest BCUT2D eigenvalue weighted by molar-refractivity contribution is 8.00. The summed E-state index contributed by atoms with van der Waals surface area (Å²) in [7, 11) is 0. The van der Waals surface area contributed by atoms with Crippen molar-refractivity contribution < 1.29 is 9.59 Å². The summed E-state index contributed by atoms with van der Waals surface area (Å²) in [5.74, 6) is 0.291. The van der Waals surface area contributed by atoms with Crippen molar-refractivity contribution in [3.8, 4) is 0 Å². The molecule has 1 saturated heterocycles. The molecule has 1 aliphatic carbocycles.